The Morgan fingerprint density at radius 3 is 2.58 bits per heavy atom. The first-order valence-corrected chi connectivity index (χ1v) is 11.0. The Morgan fingerprint density at radius 2 is 1.77 bits per heavy atom. The third-order valence-corrected chi connectivity index (χ3v) is 5.04. The maximum absolute atomic E-state index is 11.6. The molecule has 0 spiro atoms. The minimum Gasteiger partial charge on any atom is -0.369 e. The van der Waals surface area contributed by atoms with Crippen LogP contribution in [0.4, 0.5) is 0 Å². The minimum atomic E-state index is 0.195. The molecule has 1 amide bonds. The van der Waals surface area contributed by atoms with Gasteiger partial charge in [-0.3, -0.25) is 4.79 Å². The summed E-state index contributed by atoms with van der Waals surface area (Å²) in [5, 5.41) is 2.96. The number of rotatable bonds is 18. The molecule has 1 heterocycles. The van der Waals surface area contributed by atoms with E-state index in [4.69, 9.17) is 10.5 Å². The van der Waals surface area contributed by atoms with Crippen LogP contribution in [0.25, 0.3) is 0 Å². The summed E-state index contributed by atoms with van der Waals surface area (Å²) in [6.07, 6.45) is 21.7. The number of carbonyl (C=O) groups excluding carboxylic acids is 1. The standard InChI is InChI=1S/C22H42N2O2/c1-2-3-10-15-20-21(26-20)16-11-8-6-4-5-7-9-12-17-22(25)24-19-14-13-18-23/h8,11,20-21H,2-7,9-10,12-19,23H2,1H3,(H,24,25)/b11-8+. The fourth-order valence-corrected chi connectivity index (χ4v) is 3.25. The predicted molar refractivity (Wildman–Crippen MR) is 110 cm³/mol. The summed E-state index contributed by atoms with van der Waals surface area (Å²) in [6, 6.07) is 0. The predicted octanol–water partition coefficient (Wildman–Crippen LogP) is 4.87. The number of epoxide rings is 1. The molecule has 2 unspecified atom stereocenters. The van der Waals surface area contributed by atoms with E-state index in [-0.39, 0.29) is 5.91 Å². The van der Waals surface area contributed by atoms with Gasteiger partial charge < -0.3 is 15.8 Å². The molecule has 2 atom stereocenters. The van der Waals surface area contributed by atoms with Crippen LogP contribution in [0, 0.1) is 0 Å². The number of allylic oxidation sites excluding steroid dienone is 1. The number of hydrogen-bond acceptors (Lipinski definition) is 3. The fourth-order valence-electron chi connectivity index (χ4n) is 3.25. The maximum Gasteiger partial charge on any atom is 0.219 e. The molecule has 1 aliphatic heterocycles. The first-order valence-electron chi connectivity index (χ1n) is 11.0. The summed E-state index contributed by atoms with van der Waals surface area (Å²) in [5.41, 5.74) is 5.43. The lowest BCUT2D eigenvalue weighted by molar-refractivity contribution is -0.121. The number of unbranched alkanes of at least 4 members (excludes halogenated alkanes) is 8. The normalized spacial score (nSPS) is 19.2. The van der Waals surface area contributed by atoms with Crippen molar-refractivity contribution < 1.29 is 9.53 Å². The highest BCUT2D eigenvalue weighted by Crippen LogP contribution is 2.30. The second-order valence-electron chi connectivity index (χ2n) is 7.57. The Hall–Kier alpha value is -0.870. The van der Waals surface area contributed by atoms with Crippen LogP contribution in [0.15, 0.2) is 12.2 Å². The van der Waals surface area contributed by atoms with E-state index in [1.165, 1.54) is 51.4 Å². The largest absolute Gasteiger partial charge is 0.369 e. The zero-order valence-electron chi connectivity index (χ0n) is 17.0. The van der Waals surface area contributed by atoms with Gasteiger partial charge in [0.1, 0.15) is 0 Å². The zero-order chi connectivity index (χ0) is 18.9. The maximum atomic E-state index is 11.6. The van der Waals surface area contributed by atoms with Crippen LogP contribution in [-0.4, -0.2) is 31.2 Å². The van der Waals surface area contributed by atoms with Gasteiger partial charge in [-0.1, -0.05) is 57.6 Å². The Labute approximate surface area is 161 Å². The summed E-state index contributed by atoms with van der Waals surface area (Å²) < 4.78 is 5.70. The van der Waals surface area contributed by atoms with Gasteiger partial charge in [0.05, 0.1) is 12.2 Å². The van der Waals surface area contributed by atoms with Gasteiger partial charge in [-0.2, -0.15) is 0 Å². The molecule has 1 rings (SSSR count). The molecule has 1 saturated heterocycles. The molecular weight excluding hydrogens is 324 g/mol. The van der Waals surface area contributed by atoms with Crippen molar-refractivity contribution in [3.63, 3.8) is 0 Å². The molecular formula is C22H42N2O2. The summed E-state index contributed by atoms with van der Waals surface area (Å²) in [4.78, 5) is 11.6. The molecule has 3 N–H and O–H groups in total. The topological polar surface area (TPSA) is 67.7 Å². The van der Waals surface area contributed by atoms with E-state index in [0.29, 0.717) is 25.2 Å². The molecule has 0 aliphatic carbocycles. The van der Waals surface area contributed by atoms with E-state index in [2.05, 4.69) is 24.4 Å². The van der Waals surface area contributed by atoms with Crippen molar-refractivity contribution in [3.05, 3.63) is 12.2 Å². The summed E-state index contributed by atoms with van der Waals surface area (Å²) in [7, 11) is 0. The molecule has 1 aliphatic rings. The molecule has 0 aromatic rings. The number of amides is 1. The first kappa shape index (κ1) is 23.2. The summed E-state index contributed by atoms with van der Waals surface area (Å²) in [6.45, 7) is 3.73. The van der Waals surface area contributed by atoms with Crippen molar-refractivity contribution in [3.8, 4) is 0 Å². The van der Waals surface area contributed by atoms with E-state index in [0.717, 1.165) is 38.6 Å². The third-order valence-electron chi connectivity index (χ3n) is 5.04. The van der Waals surface area contributed by atoms with Gasteiger partial charge in [-0.25, -0.2) is 0 Å². The monoisotopic (exact) mass is 366 g/mol. The summed E-state index contributed by atoms with van der Waals surface area (Å²) in [5.74, 6) is 0.195. The van der Waals surface area contributed by atoms with Crippen LogP contribution >= 0.6 is 0 Å². The van der Waals surface area contributed by atoms with E-state index < -0.39 is 0 Å². The summed E-state index contributed by atoms with van der Waals surface area (Å²) >= 11 is 0. The van der Waals surface area contributed by atoms with Crippen LogP contribution < -0.4 is 11.1 Å². The quantitative estimate of drug-likeness (QED) is 0.207. The molecule has 0 bridgehead atoms. The molecule has 26 heavy (non-hydrogen) atoms. The van der Waals surface area contributed by atoms with Crippen LogP contribution in [0.2, 0.25) is 0 Å². The van der Waals surface area contributed by atoms with Gasteiger partial charge >= 0.3 is 0 Å². The second-order valence-corrected chi connectivity index (χ2v) is 7.57. The molecule has 0 aromatic heterocycles. The Kier molecular flexibility index (Phi) is 14.5. The first-order chi connectivity index (χ1) is 12.8. The lowest BCUT2D eigenvalue weighted by atomic mass is 10.1. The molecule has 0 aromatic carbocycles. The van der Waals surface area contributed by atoms with E-state index >= 15 is 0 Å². The molecule has 0 radical (unpaired) electrons. The van der Waals surface area contributed by atoms with Gasteiger partial charge in [-0.15, -0.1) is 0 Å². The average Bonchev–Trinajstić information content (AvgIpc) is 3.39. The highest BCUT2D eigenvalue weighted by atomic mass is 16.6. The average molecular weight is 367 g/mol. The molecule has 152 valence electrons. The lowest BCUT2D eigenvalue weighted by Crippen LogP contribution is -2.24. The molecule has 1 fully saturated rings. The Balaban J connectivity index is 1.79. The van der Waals surface area contributed by atoms with Crippen LogP contribution in [0.1, 0.15) is 96.8 Å². The minimum absolute atomic E-state index is 0.195. The third kappa shape index (κ3) is 13.3. The number of carbonyl (C=O) groups is 1. The van der Waals surface area contributed by atoms with E-state index in [1.807, 2.05) is 0 Å². The van der Waals surface area contributed by atoms with Crippen LogP contribution in [-0.2, 0) is 9.53 Å². The lowest BCUT2D eigenvalue weighted by Gasteiger charge is -2.04. The van der Waals surface area contributed by atoms with Crippen molar-refractivity contribution in [2.75, 3.05) is 13.1 Å². The fraction of sp³-hybridized carbons (Fsp3) is 0.864. The van der Waals surface area contributed by atoms with Gasteiger partial charge in [-0.05, 0) is 51.5 Å². The zero-order valence-corrected chi connectivity index (χ0v) is 17.0. The number of nitrogens with one attached hydrogen (secondary N) is 1. The van der Waals surface area contributed by atoms with Crippen molar-refractivity contribution in [2.24, 2.45) is 5.73 Å². The molecule has 4 nitrogen and oxygen atoms in total. The molecule has 0 saturated carbocycles. The van der Waals surface area contributed by atoms with E-state index in [1.54, 1.807) is 0 Å². The van der Waals surface area contributed by atoms with Gasteiger partial charge in [0.15, 0.2) is 0 Å². The van der Waals surface area contributed by atoms with Gasteiger partial charge in [0.25, 0.3) is 0 Å². The Morgan fingerprint density at radius 1 is 0.962 bits per heavy atom. The van der Waals surface area contributed by atoms with Crippen molar-refractivity contribution in [2.45, 2.75) is 109 Å². The Bertz CT molecular complexity index is 371. The second kappa shape index (κ2) is 16.3. The van der Waals surface area contributed by atoms with Gasteiger partial charge in [0, 0.05) is 13.0 Å². The van der Waals surface area contributed by atoms with Crippen LogP contribution in [0.3, 0.4) is 0 Å². The van der Waals surface area contributed by atoms with Crippen LogP contribution in [0.5, 0.6) is 0 Å². The SMILES string of the molecule is CCCCCC1OC1C/C=C/CCCCCCCC(=O)NCCCCN. The van der Waals surface area contributed by atoms with Crippen molar-refractivity contribution >= 4 is 5.91 Å². The smallest absolute Gasteiger partial charge is 0.219 e. The highest BCUT2D eigenvalue weighted by molar-refractivity contribution is 5.75. The number of hydrogen-bond donors (Lipinski definition) is 2. The highest BCUT2D eigenvalue weighted by Gasteiger charge is 2.36. The number of ether oxygens (including phenoxy) is 1. The van der Waals surface area contributed by atoms with Crippen molar-refractivity contribution in [1.29, 1.82) is 0 Å². The number of nitrogens with two attached hydrogens (primary N) is 1. The van der Waals surface area contributed by atoms with Crippen molar-refractivity contribution in [1.82, 2.24) is 5.32 Å². The van der Waals surface area contributed by atoms with Gasteiger partial charge in [0.2, 0.25) is 5.91 Å². The van der Waals surface area contributed by atoms with E-state index in [9.17, 15) is 4.79 Å². The molecule has 4 heteroatoms.